The number of aliphatic hydroxyl groups excluding tert-OH is 2. The number of carbonyl (C=O) groups is 1. The molecule has 0 radical (unpaired) electrons. The van der Waals surface area contributed by atoms with E-state index in [1.165, 1.54) is 0 Å². The fraction of sp³-hybridized carbons (Fsp3) is 0.500. The van der Waals surface area contributed by atoms with Crippen molar-refractivity contribution in [3.05, 3.63) is 29.6 Å². The van der Waals surface area contributed by atoms with Gasteiger partial charge in [0, 0.05) is 25.5 Å². The minimum atomic E-state index is -0.325. The Morgan fingerprint density at radius 3 is 2.86 bits per heavy atom. The van der Waals surface area contributed by atoms with Crippen molar-refractivity contribution in [3.63, 3.8) is 0 Å². The summed E-state index contributed by atoms with van der Waals surface area (Å²) >= 11 is 0. The van der Waals surface area contributed by atoms with Gasteiger partial charge in [0.1, 0.15) is 6.61 Å². The van der Waals surface area contributed by atoms with Crippen molar-refractivity contribution in [2.24, 2.45) is 5.92 Å². The maximum absolute atomic E-state index is 12.6. The van der Waals surface area contributed by atoms with Crippen LogP contribution in [0.5, 0.6) is 0 Å². The van der Waals surface area contributed by atoms with E-state index in [0.717, 1.165) is 12.8 Å². The first kappa shape index (κ1) is 15.5. The fourth-order valence-corrected chi connectivity index (χ4v) is 2.57. The SMILES string of the molecule is CC(O)C1CCN(C(=O)c2ccncc2C#CCO)CC1. The predicted molar refractivity (Wildman–Crippen MR) is 78.5 cm³/mol. The van der Waals surface area contributed by atoms with Crippen LogP contribution in [-0.2, 0) is 0 Å². The van der Waals surface area contributed by atoms with E-state index in [4.69, 9.17) is 5.11 Å². The normalized spacial score (nSPS) is 17.0. The number of amides is 1. The average Bonchev–Trinajstić information content (AvgIpc) is 2.52. The zero-order valence-electron chi connectivity index (χ0n) is 12.1. The van der Waals surface area contributed by atoms with E-state index in [-0.39, 0.29) is 24.5 Å². The summed E-state index contributed by atoms with van der Waals surface area (Å²) in [5, 5.41) is 18.4. The van der Waals surface area contributed by atoms with Gasteiger partial charge in [0.05, 0.1) is 17.2 Å². The maximum atomic E-state index is 12.6. The van der Waals surface area contributed by atoms with Crippen LogP contribution in [0.1, 0.15) is 35.7 Å². The molecule has 1 aliphatic heterocycles. The van der Waals surface area contributed by atoms with E-state index in [9.17, 15) is 9.90 Å². The predicted octanol–water partition coefficient (Wildman–Crippen LogP) is 0.658. The van der Waals surface area contributed by atoms with Crippen LogP contribution >= 0.6 is 0 Å². The molecule has 21 heavy (non-hydrogen) atoms. The molecular weight excluding hydrogens is 268 g/mol. The van der Waals surface area contributed by atoms with Crippen molar-refractivity contribution in [1.82, 2.24) is 9.88 Å². The molecule has 1 aromatic heterocycles. The molecule has 5 heteroatoms. The molecule has 0 bridgehead atoms. The number of piperidine rings is 1. The molecule has 2 rings (SSSR count). The molecule has 0 saturated carbocycles. The quantitative estimate of drug-likeness (QED) is 0.784. The van der Waals surface area contributed by atoms with Gasteiger partial charge in [-0.1, -0.05) is 11.8 Å². The van der Waals surface area contributed by atoms with Gasteiger partial charge in [-0.15, -0.1) is 0 Å². The third-order valence-corrected chi connectivity index (χ3v) is 3.86. The van der Waals surface area contributed by atoms with E-state index in [2.05, 4.69) is 16.8 Å². The van der Waals surface area contributed by atoms with Gasteiger partial charge in [-0.2, -0.15) is 0 Å². The van der Waals surface area contributed by atoms with Gasteiger partial charge in [0.15, 0.2) is 0 Å². The number of hydrogen-bond donors (Lipinski definition) is 2. The zero-order valence-corrected chi connectivity index (χ0v) is 12.1. The third-order valence-electron chi connectivity index (χ3n) is 3.86. The van der Waals surface area contributed by atoms with E-state index in [1.54, 1.807) is 30.3 Å². The molecule has 2 N–H and O–H groups in total. The van der Waals surface area contributed by atoms with Gasteiger partial charge >= 0.3 is 0 Å². The summed E-state index contributed by atoms with van der Waals surface area (Å²) in [6, 6.07) is 1.66. The number of carbonyl (C=O) groups excluding carboxylic acids is 1. The molecule has 112 valence electrons. The first-order valence-electron chi connectivity index (χ1n) is 7.14. The second-order valence-electron chi connectivity index (χ2n) is 5.25. The molecule has 5 nitrogen and oxygen atoms in total. The molecular formula is C16H20N2O3. The summed E-state index contributed by atoms with van der Waals surface area (Å²) in [6.45, 7) is 2.84. The van der Waals surface area contributed by atoms with Crippen molar-refractivity contribution in [3.8, 4) is 11.8 Å². The minimum absolute atomic E-state index is 0.0660. The van der Waals surface area contributed by atoms with Crippen molar-refractivity contribution in [1.29, 1.82) is 0 Å². The zero-order chi connectivity index (χ0) is 15.2. The summed E-state index contributed by atoms with van der Waals surface area (Å²) < 4.78 is 0. The van der Waals surface area contributed by atoms with Crippen LogP contribution in [0.3, 0.4) is 0 Å². The fourth-order valence-electron chi connectivity index (χ4n) is 2.57. The Labute approximate surface area is 124 Å². The average molecular weight is 288 g/mol. The van der Waals surface area contributed by atoms with E-state index in [1.807, 2.05) is 0 Å². The van der Waals surface area contributed by atoms with E-state index >= 15 is 0 Å². The lowest BCUT2D eigenvalue weighted by Crippen LogP contribution is -2.41. The second kappa shape index (κ2) is 7.21. The first-order valence-corrected chi connectivity index (χ1v) is 7.14. The molecule has 2 heterocycles. The lowest BCUT2D eigenvalue weighted by atomic mass is 9.92. The monoisotopic (exact) mass is 288 g/mol. The minimum Gasteiger partial charge on any atom is -0.393 e. The molecule has 1 saturated heterocycles. The van der Waals surface area contributed by atoms with Crippen molar-refractivity contribution in [2.45, 2.75) is 25.9 Å². The van der Waals surface area contributed by atoms with Gasteiger partial charge in [-0.25, -0.2) is 0 Å². The topological polar surface area (TPSA) is 73.7 Å². The molecule has 1 aliphatic rings. The van der Waals surface area contributed by atoms with Gasteiger partial charge in [-0.05, 0) is 31.7 Å². The van der Waals surface area contributed by atoms with Crippen LogP contribution in [0.25, 0.3) is 0 Å². The van der Waals surface area contributed by atoms with Crippen LogP contribution in [-0.4, -0.2) is 51.8 Å². The van der Waals surface area contributed by atoms with Crippen LogP contribution < -0.4 is 0 Å². The van der Waals surface area contributed by atoms with Crippen molar-refractivity contribution < 1.29 is 15.0 Å². The maximum Gasteiger partial charge on any atom is 0.255 e. The highest BCUT2D eigenvalue weighted by Crippen LogP contribution is 2.22. The van der Waals surface area contributed by atoms with Gasteiger partial charge in [0.2, 0.25) is 0 Å². The molecule has 1 fully saturated rings. The second-order valence-corrected chi connectivity index (χ2v) is 5.25. The Hall–Kier alpha value is -1.90. The number of aromatic nitrogens is 1. The van der Waals surface area contributed by atoms with Crippen LogP contribution in [0.4, 0.5) is 0 Å². The highest BCUT2D eigenvalue weighted by molar-refractivity contribution is 5.96. The van der Waals surface area contributed by atoms with E-state index in [0.29, 0.717) is 24.2 Å². The number of likely N-dealkylation sites (tertiary alicyclic amines) is 1. The lowest BCUT2D eigenvalue weighted by Gasteiger charge is -2.33. The Balaban J connectivity index is 2.11. The third kappa shape index (κ3) is 3.81. The molecule has 0 aromatic carbocycles. The molecule has 0 aliphatic carbocycles. The summed E-state index contributed by atoms with van der Waals surface area (Å²) in [6.07, 6.45) is 4.41. The molecule has 0 spiro atoms. The molecule has 1 aromatic rings. The number of aliphatic hydroxyl groups is 2. The summed E-state index contributed by atoms with van der Waals surface area (Å²) in [5.41, 5.74) is 1.05. The van der Waals surface area contributed by atoms with E-state index < -0.39 is 0 Å². The van der Waals surface area contributed by atoms with Crippen LogP contribution in [0.15, 0.2) is 18.5 Å². The summed E-state index contributed by atoms with van der Waals surface area (Å²) in [7, 11) is 0. The number of pyridine rings is 1. The molecule has 1 amide bonds. The van der Waals surface area contributed by atoms with Gasteiger partial charge in [-0.3, -0.25) is 9.78 Å². The smallest absolute Gasteiger partial charge is 0.255 e. The standard InChI is InChI=1S/C16H20N2O3/c1-12(20)13-5-8-18(9-6-13)16(21)15-4-7-17-11-14(15)3-2-10-19/h4,7,11-13,19-20H,5-6,8-10H2,1H3. The van der Waals surface area contributed by atoms with Gasteiger partial charge in [0.25, 0.3) is 5.91 Å². The summed E-state index contributed by atoms with van der Waals surface area (Å²) in [4.78, 5) is 18.3. The Bertz CT molecular complexity index is 552. The Morgan fingerprint density at radius 1 is 1.52 bits per heavy atom. The number of nitrogens with zero attached hydrogens (tertiary/aromatic N) is 2. The highest BCUT2D eigenvalue weighted by Gasteiger charge is 2.26. The molecule has 1 atom stereocenters. The van der Waals surface area contributed by atoms with Crippen LogP contribution in [0, 0.1) is 17.8 Å². The number of rotatable bonds is 2. The van der Waals surface area contributed by atoms with Gasteiger partial charge < -0.3 is 15.1 Å². The Morgan fingerprint density at radius 2 is 2.24 bits per heavy atom. The van der Waals surface area contributed by atoms with Crippen molar-refractivity contribution in [2.75, 3.05) is 19.7 Å². The highest BCUT2D eigenvalue weighted by atomic mass is 16.3. The summed E-state index contributed by atoms with van der Waals surface area (Å²) in [5.74, 6) is 5.50. The Kier molecular flexibility index (Phi) is 5.32. The largest absolute Gasteiger partial charge is 0.393 e. The number of hydrogen-bond acceptors (Lipinski definition) is 4. The lowest BCUT2D eigenvalue weighted by molar-refractivity contribution is 0.0521. The van der Waals surface area contributed by atoms with Crippen molar-refractivity contribution >= 4 is 5.91 Å². The first-order chi connectivity index (χ1) is 10.1. The molecule has 1 unspecified atom stereocenters. The van der Waals surface area contributed by atoms with Crippen LogP contribution in [0.2, 0.25) is 0 Å².